The van der Waals surface area contributed by atoms with Crippen molar-refractivity contribution in [2.24, 2.45) is 0 Å². The van der Waals surface area contributed by atoms with E-state index in [2.05, 4.69) is 0 Å². The number of carboxylic acid groups (broad SMARTS) is 1. The average molecular weight is 602 g/mol. The molecule has 2 aliphatic rings. The van der Waals surface area contributed by atoms with Crippen LogP contribution in [0.5, 0.6) is 0 Å². The fourth-order valence-electron chi connectivity index (χ4n) is 5.28. The molecular formula is C27H25F6N3O6. The van der Waals surface area contributed by atoms with E-state index in [0.717, 1.165) is 9.80 Å². The van der Waals surface area contributed by atoms with Crippen molar-refractivity contribution in [3.05, 3.63) is 65.2 Å². The topological polar surface area (TPSA) is 107 Å². The molecule has 2 aromatic carbocycles. The van der Waals surface area contributed by atoms with Gasteiger partial charge in [-0.1, -0.05) is 18.2 Å². The second-order valence-electron chi connectivity index (χ2n) is 9.79. The van der Waals surface area contributed by atoms with Crippen molar-refractivity contribution in [2.75, 3.05) is 31.3 Å². The van der Waals surface area contributed by atoms with Crippen molar-refractivity contribution in [3.8, 4) is 0 Å². The number of ether oxygens (including phenoxy) is 1. The van der Waals surface area contributed by atoms with Gasteiger partial charge in [-0.2, -0.15) is 26.3 Å². The number of aliphatic carboxylic acids is 1. The Bertz CT molecular complexity index is 1340. The predicted octanol–water partition coefficient (Wildman–Crippen LogP) is 4.02. The number of amides is 2. The van der Waals surface area contributed by atoms with E-state index in [1.54, 1.807) is 35.2 Å². The summed E-state index contributed by atoms with van der Waals surface area (Å²) in [6, 6.07) is 6.99. The normalized spacial score (nSPS) is 17.9. The predicted molar refractivity (Wildman–Crippen MR) is 133 cm³/mol. The minimum atomic E-state index is -5.14. The first-order valence-corrected chi connectivity index (χ1v) is 12.7. The van der Waals surface area contributed by atoms with Crippen molar-refractivity contribution in [1.29, 1.82) is 0 Å². The standard InChI is InChI=1S/C27H25F6N3O6/c1-2-42-23(40)20(22(38)39)35-15-36(19-6-4-3-5-7-19)25(24(35)41)8-10-34(11-9-25)21(37)16-12-17(26(28,29)30)14-18(13-16)27(31,32)33/h3-7,12-14,20H,2,8-11,15H2,1H3,(H,38,39). The van der Waals surface area contributed by atoms with E-state index < -0.39 is 64.4 Å². The number of esters is 1. The largest absolute Gasteiger partial charge is 0.479 e. The molecule has 42 heavy (non-hydrogen) atoms. The summed E-state index contributed by atoms with van der Waals surface area (Å²) in [5, 5.41) is 9.77. The van der Waals surface area contributed by atoms with Gasteiger partial charge >= 0.3 is 24.3 Å². The van der Waals surface area contributed by atoms with Gasteiger partial charge < -0.3 is 19.6 Å². The number of hydrogen-bond donors (Lipinski definition) is 1. The molecule has 0 aliphatic carbocycles. The maximum atomic E-state index is 13.8. The van der Waals surface area contributed by atoms with Gasteiger partial charge in [0.25, 0.3) is 11.8 Å². The van der Waals surface area contributed by atoms with E-state index >= 15 is 0 Å². The van der Waals surface area contributed by atoms with Gasteiger partial charge in [0.1, 0.15) is 5.54 Å². The molecule has 4 rings (SSSR count). The molecule has 2 saturated heterocycles. The Balaban J connectivity index is 1.66. The fraction of sp³-hybridized carbons (Fsp3) is 0.407. The number of nitrogens with zero attached hydrogens (tertiary/aromatic N) is 3. The Labute approximate surface area is 235 Å². The molecule has 1 unspecified atom stereocenters. The number of hydrogen-bond acceptors (Lipinski definition) is 6. The smallest absolute Gasteiger partial charge is 0.416 e. The first-order valence-electron chi connectivity index (χ1n) is 12.7. The third-order valence-electron chi connectivity index (χ3n) is 7.31. The first-order chi connectivity index (χ1) is 19.6. The van der Waals surface area contributed by atoms with E-state index in [4.69, 9.17) is 4.74 Å². The third kappa shape index (κ3) is 5.72. The van der Waals surface area contributed by atoms with Gasteiger partial charge in [-0.25, -0.2) is 9.59 Å². The summed E-state index contributed by atoms with van der Waals surface area (Å²) in [5.74, 6) is -4.60. The molecule has 2 heterocycles. The number of carbonyl (C=O) groups is 4. The Hall–Kier alpha value is -4.30. The molecule has 1 N–H and O–H groups in total. The number of carboxylic acids is 1. The van der Waals surface area contributed by atoms with Crippen LogP contribution < -0.4 is 4.90 Å². The molecule has 0 bridgehead atoms. The van der Waals surface area contributed by atoms with Crippen LogP contribution in [0.1, 0.15) is 41.3 Å². The van der Waals surface area contributed by atoms with Gasteiger partial charge in [0, 0.05) is 24.3 Å². The molecule has 2 aromatic rings. The van der Waals surface area contributed by atoms with Crippen LogP contribution in [0.15, 0.2) is 48.5 Å². The number of alkyl halides is 6. The van der Waals surface area contributed by atoms with Crippen LogP contribution in [0.4, 0.5) is 32.0 Å². The number of halogens is 6. The molecule has 226 valence electrons. The molecule has 2 amide bonds. The van der Waals surface area contributed by atoms with E-state index in [1.807, 2.05) is 0 Å². The van der Waals surface area contributed by atoms with Crippen LogP contribution in [0, 0.1) is 0 Å². The monoisotopic (exact) mass is 601 g/mol. The molecule has 1 spiro atoms. The highest BCUT2D eigenvalue weighted by Gasteiger charge is 2.58. The lowest BCUT2D eigenvalue weighted by molar-refractivity contribution is -0.164. The average Bonchev–Trinajstić information content (AvgIpc) is 3.19. The highest BCUT2D eigenvalue weighted by Crippen LogP contribution is 2.41. The number of para-hydroxylation sites is 1. The molecule has 9 nitrogen and oxygen atoms in total. The van der Waals surface area contributed by atoms with E-state index in [9.17, 15) is 50.6 Å². The minimum absolute atomic E-state index is 0.0755. The van der Waals surface area contributed by atoms with Crippen LogP contribution in [0.25, 0.3) is 0 Å². The zero-order chi connectivity index (χ0) is 31.0. The molecular weight excluding hydrogens is 576 g/mol. The number of piperidine rings is 1. The number of rotatable bonds is 6. The van der Waals surface area contributed by atoms with Crippen molar-refractivity contribution < 1.29 is 55.4 Å². The fourth-order valence-corrected chi connectivity index (χ4v) is 5.28. The highest BCUT2D eigenvalue weighted by molar-refractivity contribution is 6.05. The summed E-state index contributed by atoms with van der Waals surface area (Å²) in [4.78, 5) is 55.0. The zero-order valence-electron chi connectivity index (χ0n) is 22.0. The van der Waals surface area contributed by atoms with Crippen LogP contribution in [0.3, 0.4) is 0 Å². The molecule has 0 saturated carbocycles. The quantitative estimate of drug-likeness (QED) is 0.303. The molecule has 1 atom stereocenters. The highest BCUT2D eigenvalue weighted by atomic mass is 19.4. The maximum Gasteiger partial charge on any atom is 0.416 e. The Morgan fingerprint density at radius 2 is 1.50 bits per heavy atom. The van der Waals surface area contributed by atoms with Crippen LogP contribution in [-0.2, 0) is 31.5 Å². The van der Waals surface area contributed by atoms with Crippen molar-refractivity contribution in [3.63, 3.8) is 0 Å². The Morgan fingerprint density at radius 3 is 1.98 bits per heavy atom. The molecule has 15 heteroatoms. The summed E-state index contributed by atoms with van der Waals surface area (Å²) in [7, 11) is 0. The van der Waals surface area contributed by atoms with Crippen LogP contribution in [-0.4, -0.2) is 76.6 Å². The van der Waals surface area contributed by atoms with E-state index in [0.29, 0.717) is 17.8 Å². The SMILES string of the molecule is CCOC(=O)C(C(=O)O)N1CN(c2ccccc2)C2(CCN(C(=O)c3cc(C(F)(F)F)cc(C(F)(F)F)c3)CC2)C1=O. The second-order valence-corrected chi connectivity index (χ2v) is 9.79. The van der Waals surface area contributed by atoms with Crippen molar-refractivity contribution in [1.82, 2.24) is 9.80 Å². The Kier molecular flexibility index (Phi) is 8.16. The lowest BCUT2D eigenvalue weighted by atomic mass is 9.85. The van der Waals surface area contributed by atoms with Crippen molar-refractivity contribution >= 4 is 29.4 Å². The van der Waals surface area contributed by atoms with Gasteiger partial charge in [-0.05, 0) is 50.1 Å². The summed E-state index contributed by atoms with van der Waals surface area (Å²) in [6.45, 7) is 0.498. The van der Waals surface area contributed by atoms with E-state index in [1.165, 1.54) is 6.92 Å². The first kappa shape index (κ1) is 30.7. The van der Waals surface area contributed by atoms with Gasteiger partial charge in [0.05, 0.1) is 24.4 Å². The molecule has 0 radical (unpaired) electrons. The lowest BCUT2D eigenvalue weighted by Crippen LogP contribution is -2.58. The minimum Gasteiger partial charge on any atom is -0.479 e. The maximum absolute atomic E-state index is 13.8. The second kappa shape index (κ2) is 11.2. The zero-order valence-corrected chi connectivity index (χ0v) is 22.0. The lowest BCUT2D eigenvalue weighted by Gasteiger charge is -2.43. The van der Waals surface area contributed by atoms with Gasteiger partial charge in [-0.3, -0.25) is 14.5 Å². The summed E-state index contributed by atoms with van der Waals surface area (Å²) < 4.78 is 84.9. The Morgan fingerprint density at radius 1 is 0.952 bits per heavy atom. The van der Waals surface area contributed by atoms with Crippen LogP contribution >= 0.6 is 0 Å². The molecule has 2 aliphatic heterocycles. The van der Waals surface area contributed by atoms with Gasteiger partial charge in [0.15, 0.2) is 0 Å². The summed E-state index contributed by atoms with van der Waals surface area (Å²) in [5.41, 5.74) is -5.05. The van der Waals surface area contributed by atoms with E-state index in [-0.39, 0.29) is 45.3 Å². The number of anilines is 1. The molecule has 0 aromatic heterocycles. The summed E-state index contributed by atoms with van der Waals surface area (Å²) >= 11 is 0. The number of likely N-dealkylation sites (tertiary alicyclic amines) is 1. The van der Waals surface area contributed by atoms with Gasteiger partial charge in [-0.15, -0.1) is 0 Å². The van der Waals surface area contributed by atoms with Gasteiger partial charge in [0.2, 0.25) is 6.04 Å². The molecule has 2 fully saturated rings. The third-order valence-corrected chi connectivity index (χ3v) is 7.31. The van der Waals surface area contributed by atoms with Crippen LogP contribution in [0.2, 0.25) is 0 Å². The van der Waals surface area contributed by atoms with Crippen molar-refractivity contribution in [2.45, 2.75) is 43.7 Å². The summed E-state index contributed by atoms with van der Waals surface area (Å²) in [6.07, 6.45) is -10.6. The number of carbonyl (C=O) groups excluding carboxylic acids is 3. The number of benzene rings is 2.